The zero-order valence-electron chi connectivity index (χ0n) is 16.8. The third-order valence-electron chi connectivity index (χ3n) is 7.25. The van der Waals surface area contributed by atoms with Gasteiger partial charge in [0.2, 0.25) is 15.9 Å². The van der Waals surface area contributed by atoms with E-state index in [4.69, 9.17) is 0 Å². The van der Waals surface area contributed by atoms with E-state index in [1.54, 1.807) is 11.9 Å². The Labute approximate surface area is 177 Å². The average Bonchev–Trinajstić information content (AvgIpc) is 3.05. The number of hydrogen-bond donors (Lipinski definition) is 2. The van der Waals surface area contributed by atoms with Crippen molar-refractivity contribution in [2.24, 2.45) is 11.8 Å². The molecule has 9 heteroatoms. The lowest BCUT2D eigenvalue weighted by Gasteiger charge is -2.36. The fraction of sp³-hybridized carbons (Fsp3) is 0.900. The predicted molar refractivity (Wildman–Crippen MR) is 112 cm³/mol. The number of aliphatic carboxylic acids is 1. The number of fused-ring (bicyclic) bond motifs is 1. The summed E-state index contributed by atoms with van der Waals surface area (Å²) in [7, 11) is -3.62. The second kappa shape index (κ2) is 8.75. The normalized spacial score (nSPS) is 38.6. The van der Waals surface area contributed by atoms with Gasteiger partial charge in [-0.1, -0.05) is 32.1 Å². The highest BCUT2D eigenvalue weighted by molar-refractivity contribution is 7.98. The molecule has 1 aliphatic heterocycles. The van der Waals surface area contributed by atoms with Crippen LogP contribution in [0.4, 0.5) is 0 Å². The van der Waals surface area contributed by atoms with Gasteiger partial charge in [0.15, 0.2) is 0 Å². The maximum atomic E-state index is 13.1. The first-order chi connectivity index (χ1) is 13.9. The van der Waals surface area contributed by atoms with Crippen molar-refractivity contribution < 1.29 is 23.1 Å². The Hall–Kier alpha value is -0.800. The molecule has 0 aromatic carbocycles. The molecule has 1 heterocycles. The lowest BCUT2D eigenvalue weighted by atomic mass is 9.85. The van der Waals surface area contributed by atoms with E-state index in [0.717, 1.165) is 44.9 Å². The molecule has 1 amide bonds. The van der Waals surface area contributed by atoms with E-state index < -0.39 is 33.2 Å². The van der Waals surface area contributed by atoms with Crippen molar-refractivity contribution in [3.63, 3.8) is 0 Å². The van der Waals surface area contributed by atoms with Crippen molar-refractivity contribution in [3.05, 3.63) is 0 Å². The summed E-state index contributed by atoms with van der Waals surface area (Å²) in [5.74, 6) is -1.24. The van der Waals surface area contributed by atoms with E-state index in [1.165, 1.54) is 6.42 Å². The molecule has 164 valence electrons. The molecule has 7 nitrogen and oxygen atoms in total. The van der Waals surface area contributed by atoms with E-state index in [0.29, 0.717) is 30.9 Å². The molecule has 0 bridgehead atoms. The number of nitrogens with one attached hydrogen (secondary N) is 1. The summed E-state index contributed by atoms with van der Waals surface area (Å²) in [4.78, 5) is 24.4. The lowest BCUT2D eigenvalue weighted by molar-refractivity contribution is -0.143. The van der Waals surface area contributed by atoms with Crippen LogP contribution in [0.3, 0.4) is 0 Å². The zero-order chi connectivity index (χ0) is 20.6. The van der Waals surface area contributed by atoms with Crippen molar-refractivity contribution in [1.29, 1.82) is 0 Å². The quantitative estimate of drug-likeness (QED) is 0.632. The van der Waals surface area contributed by atoms with Gasteiger partial charge in [-0.2, -0.15) is 0 Å². The van der Waals surface area contributed by atoms with Crippen molar-refractivity contribution >= 4 is 33.8 Å². The average molecular weight is 445 g/mol. The minimum absolute atomic E-state index is 0.0324. The Balaban J connectivity index is 1.42. The standard InChI is InChI=1S/C20H32N2O5S2/c23-19-16-9-2-4-11-18(16)28-22(19)13-6-5-7-14(12-13)29(26,27)21-17-10-3-1-8-15(17)20(24)25/h13-18,21H,1-12H2,(H,24,25). The Morgan fingerprint density at radius 3 is 2.48 bits per heavy atom. The first-order valence-corrected chi connectivity index (χ1v) is 13.5. The van der Waals surface area contributed by atoms with Crippen molar-refractivity contribution in [2.45, 2.75) is 99.6 Å². The number of carboxylic acid groups (broad SMARTS) is 1. The Bertz CT molecular complexity index is 743. The molecule has 29 heavy (non-hydrogen) atoms. The molecule has 3 aliphatic carbocycles. The summed E-state index contributed by atoms with van der Waals surface area (Å²) < 4.78 is 30.9. The summed E-state index contributed by atoms with van der Waals surface area (Å²) in [5.41, 5.74) is 0. The van der Waals surface area contributed by atoms with Crippen molar-refractivity contribution in [3.8, 4) is 0 Å². The van der Waals surface area contributed by atoms with Crippen LogP contribution in [0.1, 0.15) is 77.0 Å². The summed E-state index contributed by atoms with van der Waals surface area (Å²) in [6.07, 6.45) is 9.78. The van der Waals surface area contributed by atoms with E-state index in [9.17, 15) is 23.1 Å². The van der Waals surface area contributed by atoms with E-state index >= 15 is 0 Å². The van der Waals surface area contributed by atoms with Crippen LogP contribution in [0, 0.1) is 11.8 Å². The first-order valence-electron chi connectivity index (χ1n) is 11.1. The lowest BCUT2D eigenvalue weighted by Crippen LogP contribution is -2.50. The van der Waals surface area contributed by atoms with Crippen LogP contribution in [-0.2, 0) is 19.6 Å². The maximum absolute atomic E-state index is 13.1. The fourth-order valence-corrected chi connectivity index (χ4v) is 9.04. The molecule has 0 spiro atoms. The van der Waals surface area contributed by atoms with Gasteiger partial charge < -0.3 is 5.11 Å². The number of carboxylic acids is 1. The van der Waals surface area contributed by atoms with Gasteiger partial charge in [0, 0.05) is 17.3 Å². The number of nitrogens with zero attached hydrogens (tertiary/aromatic N) is 1. The molecule has 6 unspecified atom stereocenters. The third-order valence-corrected chi connectivity index (χ3v) is 10.7. The highest BCUT2D eigenvalue weighted by Gasteiger charge is 2.47. The smallest absolute Gasteiger partial charge is 0.308 e. The van der Waals surface area contributed by atoms with Gasteiger partial charge >= 0.3 is 5.97 Å². The monoisotopic (exact) mass is 444 g/mol. The van der Waals surface area contributed by atoms with Crippen molar-refractivity contribution in [1.82, 2.24) is 9.03 Å². The van der Waals surface area contributed by atoms with Crippen LogP contribution in [0.2, 0.25) is 0 Å². The molecule has 1 saturated heterocycles. The second-order valence-electron chi connectivity index (χ2n) is 9.14. The molecule has 0 aromatic rings. The van der Waals surface area contributed by atoms with Crippen LogP contribution in [0.15, 0.2) is 0 Å². The molecule has 0 aromatic heterocycles. The molecule has 2 N–H and O–H groups in total. The van der Waals surface area contributed by atoms with Gasteiger partial charge in [-0.05, 0) is 56.9 Å². The highest BCUT2D eigenvalue weighted by atomic mass is 32.2. The minimum atomic E-state index is -3.62. The molecular formula is C20H32N2O5S2. The molecule has 4 fully saturated rings. The summed E-state index contributed by atoms with van der Waals surface area (Å²) >= 11 is 1.65. The second-order valence-corrected chi connectivity index (χ2v) is 12.3. The highest BCUT2D eigenvalue weighted by Crippen LogP contribution is 2.46. The molecule has 3 saturated carbocycles. The third kappa shape index (κ3) is 4.46. The molecule has 4 rings (SSSR count). The summed E-state index contributed by atoms with van der Waals surface area (Å²) in [6, 6.07) is -0.549. The molecule has 6 atom stereocenters. The van der Waals surface area contributed by atoms with Gasteiger partial charge in [0.05, 0.1) is 17.1 Å². The largest absolute Gasteiger partial charge is 0.481 e. The van der Waals surface area contributed by atoms with Gasteiger partial charge in [0.25, 0.3) is 0 Å². The summed E-state index contributed by atoms with van der Waals surface area (Å²) in [5, 5.41) is 9.27. The van der Waals surface area contributed by atoms with Crippen LogP contribution in [-0.4, -0.2) is 52.3 Å². The SMILES string of the molecule is O=C(O)C1CCCCC1NS(=O)(=O)C1CCCC(N2SC3CCCCC3C2=O)C1. The Morgan fingerprint density at radius 1 is 1.00 bits per heavy atom. The fourth-order valence-electron chi connectivity index (χ4n) is 5.62. The first kappa shape index (κ1) is 21.4. The zero-order valence-corrected chi connectivity index (χ0v) is 18.4. The van der Waals surface area contributed by atoms with E-state index in [-0.39, 0.29) is 17.9 Å². The number of carbonyl (C=O) groups is 2. The van der Waals surface area contributed by atoms with Gasteiger partial charge in [0.1, 0.15) is 0 Å². The van der Waals surface area contributed by atoms with Crippen LogP contribution in [0.25, 0.3) is 0 Å². The topological polar surface area (TPSA) is 104 Å². The molecule has 0 radical (unpaired) electrons. The van der Waals surface area contributed by atoms with Crippen LogP contribution >= 0.6 is 11.9 Å². The summed E-state index contributed by atoms with van der Waals surface area (Å²) in [6.45, 7) is 0. The number of carbonyl (C=O) groups excluding carboxylic acids is 1. The minimum Gasteiger partial charge on any atom is -0.481 e. The van der Waals surface area contributed by atoms with E-state index in [1.807, 2.05) is 4.31 Å². The number of amides is 1. The van der Waals surface area contributed by atoms with Crippen LogP contribution in [0.5, 0.6) is 0 Å². The number of hydrogen-bond acceptors (Lipinski definition) is 5. The Morgan fingerprint density at radius 2 is 1.72 bits per heavy atom. The van der Waals surface area contributed by atoms with Gasteiger partial charge in [-0.15, -0.1) is 0 Å². The van der Waals surface area contributed by atoms with Gasteiger partial charge in [-0.25, -0.2) is 13.1 Å². The predicted octanol–water partition coefficient (Wildman–Crippen LogP) is 2.91. The molecular weight excluding hydrogens is 412 g/mol. The molecule has 4 aliphatic rings. The Kier molecular flexibility index (Phi) is 6.46. The number of rotatable bonds is 5. The van der Waals surface area contributed by atoms with Gasteiger partial charge in [-0.3, -0.25) is 13.9 Å². The van der Waals surface area contributed by atoms with Crippen molar-refractivity contribution in [2.75, 3.05) is 0 Å². The number of sulfonamides is 1. The van der Waals surface area contributed by atoms with Crippen LogP contribution < -0.4 is 4.72 Å². The maximum Gasteiger partial charge on any atom is 0.308 e. The van der Waals surface area contributed by atoms with E-state index in [2.05, 4.69) is 4.72 Å².